The van der Waals surface area contributed by atoms with Crippen molar-refractivity contribution in [2.45, 2.75) is 31.7 Å². The van der Waals surface area contributed by atoms with Crippen LogP contribution in [-0.2, 0) is 11.2 Å². The minimum atomic E-state index is -0.306. The van der Waals surface area contributed by atoms with E-state index in [9.17, 15) is 9.59 Å². The first-order valence-electron chi connectivity index (χ1n) is 7.19. The van der Waals surface area contributed by atoms with Crippen LogP contribution in [0.3, 0.4) is 0 Å². The summed E-state index contributed by atoms with van der Waals surface area (Å²) in [5, 5.41) is 0. The molecular formula is C16H19NO3. The highest BCUT2D eigenvalue weighted by molar-refractivity contribution is 6.00. The second-order valence-electron chi connectivity index (χ2n) is 5.54. The molecule has 4 heteroatoms. The number of benzene rings is 1. The number of methoxy groups -OCH3 is 1. The van der Waals surface area contributed by atoms with Crippen LogP contribution in [0.5, 0.6) is 0 Å². The summed E-state index contributed by atoms with van der Waals surface area (Å²) in [6.45, 7) is 0.697. The van der Waals surface area contributed by atoms with Gasteiger partial charge in [-0.1, -0.05) is 24.3 Å². The van der Waals surface area contributed by atoms with E-state index in [2.05, 4.69) is 0 Å². The quantitative estimate of drug-likeness (QED) is 0.790. The number of fused-ring (bicyclic) bond motifs is 1. The molecule has 0 aromatic heterocycles. The summed E-state index contributed by atoms with van der Waals surface area (Å²) in [7, 11) is 1.40. The predicted octanol–water partition coefficient (Wildman–Crippen LogP) is 2.66. The number of hydrogen-bond donors (Lipinski definition) is 0. The first-order valence-corrected chi connectivity index (χ1v) is 7.19. The fourth-order valence-corrected chi connectivity index (χ4v) is 3.54. The van der Waals surface area contributed by atoms with Crippen LogP contribution in [-0.4, -0.2) is 36.5 Å². The van der Waals surface area contributed by atoms with Crippen molar-refractivity contribution < 1.29 is 14.3 Å². The molecule has 1 aliphatic carbocycles. The molecule has 1 aromatic rings. The average molecular weight is 273 g/mol. The van der Waals surface area contributed by atoms with Crippen LogP contribution in [0.15, 0.2) is 24.3 Å². The zero-order valence-electron chi connectivity index (χ0n) is 11.7. The van der Waals surface area contributed by atoms with Gasteiger partial charge in [0.05, 0.1) is 7.11 Å². The van der Waals surface area contributed by atoms with E-state index in [1.165, 1.54) is 7.11 Å². The van der Waals surface area contributed by atoms with Gasteiger partial charge in [-0.25, -0.2) is 4.79 Å². The van der Waals surface area contributed by atoms with Crippen molar-refractivity contribution in [1.82, 2.24) is 4.90 Å². The minimum Gasteiger partial charge on any atom is -0.453 e. The number of carbonyl (C=O) groups excluding carboxylic acids is 2. The molecule has 106 valence electrons. The maximum absolute atomic E-state index is 12.7. The van der Waals surface area contributed by atoms with Crippen molar-refractivity contribution in [3.63, 3.8) is 0 Å². The van der Waals surface area contributed by atoms with E-state index in [1.807, 2.05) is 24.3 Å². The first-order chi connectivity index (χ1) is 9.72. The standard InChI is InChI=1S/C16H19NO3/c1-20-16(19)17-10-4-7-14(17)13-9-8-11-5-2-3-6-12(11)15(13)18/h2-3,5-6,13-14H,4,7-10H2,1H3. The van der Waals surface area contributed by atoms with Gasteiger partial charge in [-0.2, -0.15) is 0 Å². The Labute approximate surface area is 118 Å². The van der Waals surface area contributed by atoms with Gasteiger partial charge >= 0.3 is 6.09 Å². The molecule has 1 aromatic carbocycles. The molecule has 1 heterocycles. The highest BCUT2D eigenvalue weighted by Crippen LogP contribution is 2.34. The number of rotatable bonds is 1. The van der Waals surface area contributed by atoms with Crippen molar-refractivity contribution >= 4 is 11.9 Å². The number of hydrogen-bond acceptors (Lipinski definition) is 3. The molecule has 1 fully saturated rings. The van der Waals surface area contributed by atoms with Crippen molar-refractivity contribution in [2.24, 2.45) is 5.92 Å². The molecule has 3 rings (SSSR count). The minimum absolute atomic E-state index is 0.00306. The van der Waals surface area contributed by atoms with Gasteiger partial charge in [0.25, 0.3) is 0 Å². The molecule has 0 spiro atoms. The molecule has 2 atom stereocenters. The van der Waals surface area contributed by atoms with Crippen LogP contribution < -0.4 is 0 Å². The number of ether oxygens (including phenoxy) is 1. The topological polar surface area (TPSA) is 46.6 Å². The molecule has 2 aliphatic rings. The van der Waals surface area contributed by atoms with Gasteiger partial charge < -0.3 is 9.64 Å². The van der Waals surface area contributed by atoms with E-state index >= 15 is 0 Å². The smallest absolute Gasteiger partial charge is 0.409 e. The summed E-state index contributed by atoms with van der Waals surface area (Å²) in [6.07, 6.45) is 3.28. The summed E-state index contributed by atoms with van der Waals surface area (Å²) in [6, 6.07) is 7.81. The largest absolute Gasteiger partial charge is 0.453 e. The Morgan fingerprint density at radius 1 is 1.30 bits per heavy atom. The normalized spacial score (nSPS) is 25.4. The van der Waals surface area contributed by atoms with Gasteiger partial charge in [0.1, 0.15) is 0 Å². The maximum Gasteiger partial charge on any atom is 0.409 e. The van der Waals surface area contributed by atoms with Crippen LogP contribution in [0.4, 0.5) is 4.79 Å². The van der Waals surface area contributed by atoms with Crippen LogP contribution in [0.1, 0.15) is 35.2 Å². The van der Waals surface area contributed by atoms with E-state index in [-0.39, 0.29) is 23.8 Å². The van der Waals surface area contributed by atoms with E-state index in [4.69, 9.17) is 4.74 Å². The Hall–Kier alpha value is -1.84. The van der Waals surface area contributed by atoms with Crippen molar-refractivity contribution in [2.75, 3.05) is 13.7 Å². The van der Waals surface area contributed by atoms with Crippen molar-refractivity contribution in [3.8, 4) is 0 Å². The number of likely N-dealkylation sites (tertiary alicyclic amines) is 1. The second kappa shape index (κ2) is 5.27. The zero-order chi connectivity index (χ0) is 14.1. The first kappa shape index (κ1) is 13.2. The number of ketones is 1. The number of nitrogens with zero attached hydrogens (tertiary/aromatic N) is 1. The molecule has 0 N–H and O–H groups in total. The second-order valence-corrected chi connectivity index (χ2v) is 5.54. The zero-order valence-corrected chi connectivity index (χ0v) is 11.7. The van der Waals surface area contributed by atoms with Gasteiger partial charge in [0.15, 0.2) is 5.78 Å². The summed E-state index contributed by atoms with van der Waals surface area (Å²) in [5.41, 5.74) is 1.97. The predicted molar refractivity (Wildman–Crippen MR) is 74.7 cm³/mol. The highest BCUT2D eigenvalue weighted by atomic mass is 16.5. The monoisotopic (exact) mass is 273 g/mol. The molecule has 0 bridgehead atoms. The molecule has 20 heavy (non-hydrogen) atoms. The van der Waals surface area contributed by atoms with Crippen LogP contribution in [0.2, 0.25) is 0 Å². The summed E-state index contributed by atoms with van der Waals surface area (Å²) < 4.78 is 4.84. The molecule has 2 unspecified atom stereocenters. The molecule has 4 nitrogen and oxygen atoms in total. The molecule has 1 saturated heterocycles. The fourth-order valence-electron chi connectivity index (χ4n) is 3.54. The van der Waals surface area contributed by atoms with E-state index in [0.717, 1.165) is 36.8 Å². The van der Waals surface area contributed by atoms with Gasteiger partial charge in [-0.3, -0.25) is 4.79 Å². The lowest BCUT2D eigenvalue weighted by Crippen LogP contribution is -2.44. The summed E-state index contributed by atoms with van der Waals surface area (Å²) in [4.78, 5) is 26.2. The Bertz CT molecular complexity index is 540. The van der Waals surface area contributed by atoms with Crippen molar-refractivity contribution in [1.29, 1.82) is 0 Å². The summed E-state index contributed by atoms with van der Waals surface area (Å²) >= 11 is 0. The molecule has 0 saturated carbocycles. The molecule has 1 amide bonds. The number of carbonyl (C=O) groups is 2. The average Bonchev–Trinajstić information content (AvgIpc) is 2.96. The Balaban J connectivity index is 1.85. The Morgan fingerprint density at radius 3 is 2.90 bits per heavy atom. The number of aryl methyl sites for hydroxylation is 1. The van der Waals surface area contributed by atoms with E-state index in [0.29, 0.717) is 6.54 Å². The van der Waals surface area contributed by atoms with E-state index in [1.54, 1.807) is 4.90 Å². The molecule has 1 aliphatic heterocycles. The third-order valence-corrected chi connectivity index (χ3v) is 4.52. The molecular weight excluding hydrogens is 254 g/mol. The third kappa shape index (κ3) is 2.09. The molecule has 0 radical (unpaired) electrons. The van der Waals surface area contributed by atoms with Crippen LogP contribution in [0.25, 0.3) is 0 Å². The van der Waals surface area contributed by atoms with E-state index < -0.39 is 0 Å². The fraction of sp³-hybridized carbons (Fsp3) is 0.500. The number of amides is 1. The van der Waals surface area contributed by atoms with Gasteiger partial charge in [-0.05, 0) is 31.2 Å². The van der Waals surface area contributed by atoms with Gasteiger partial charge in [-0.15, -0.1) is 0 Å². The van der Waals surface area contributed by atoms with Crippen LogP contribution in [0, 0.1) is 5.92 Å². The lowest BCUT2D eigenvalue weighted by Gasteiger charge is -2.32. The van der Waals surface area contributed by atoms with Gasteiger partial charge in [0, 0.05) is 24.1 Å². The highest BCUT2D eigenvalue weighted by Gasteiger charge is 2.40. The van der Waals surface area contributed by atoms with Crippen LogP contribution >= 0.6 is 0 Å². The number of Topliss-reactive ketones (excluding diaryl/α,β-unsaturated/α-hetero) is 1. The van der Waals surface area contributed by atoms with Crippen molar-refractivity contribution in [3.05, 3.63) is 35.4 Å². The SMILES string of the molecule is COC(=O)N1CCCC1C1CCc2ccccc2C1=O. The lowest BCUT2D eigenvalue weighted by atomic mass is 9.78. The maximum atomic E-state index is 12.7. The Morgan fingerprint density at radius 2 is 2.10 bits per heavy atom. The third-order valence-electron chi connectivity index (χ3n) is 4.52. The summed E-state index contributed by atoms with van der Waals surface area (Å²) in [5.74, 6) is 0.110. The van der Waals surface area contributed by atoms with Gasteiger partial charge in [0.2, 0.25) is 0 Å². The lowest BCUT2D eigenvalue weighted by molar-refractivity contribution is 0.0759. The Kier molecular flexibility index (Phi) is 3.47.